The first-order valence-electron chi connectivity index (χ1n) is 11.7. The third kappa shape index (κ3) is 6.63. The number of nitriles is 1. The number of pyridine rings is 1. The monoisotopic (exact) mass is 545 g/mol. The molecule has 0 spiro atoms. The Hall–Kier alpha value is -3.61. The lowest BCUT2D eigenvalue weighted by atomic mass is 9.70. The van der Waals surface area contributed by atoms with E-state index in [1.807, 2.05) is 12.1 Å². The number of benzene rings is 2. The maximum atomic E-state index is 13.3. The molecule has 200 valence electrons. The average Bonchev–Trinajstić information content (AvgIpc) is 2.88. The number of rotatable bonds is 9. The molecule has 0 aliphatic carbocycles. The molecule has 1 aromatic heterocycles. The second-order valence-corrected chi connectivity index (χ2v) is 9.94. The summed E-state index contributed by atoms with van der Waals surface area (Å²) in [4.78, 5) is 17.0. The van der Waals surface area contributed by atoms with Crippen LogP contribution < -0.4 is 10.1 Å². The first-order valence-corrected chi connectivity index (χ1v) is 12.1. The molecule has 0 fully saturated rings. The van der Waals surface area contributed by atoms with Crippen LogP contribution in [0, 0.1) is 11.3 Å². The summed E-state index contributed by atoms with van der Waals surface area (Å²) in [6, 6.07) is 17.2. The Balaban J connectivity index is 1.90. The van der Waals surface area contributed by atoms with Gasteiger partial charge < -0.3 is 15.2 Å². The van der Waals surface area contributed by atoms with Gasteiger partial charge in [-0.15, -0.1) is 0 Å². The van der Waals surface area contributed by atoms with E-state index >= 15 is 0 Å². The summed E-state index contributed by atoms with van der Waals surface area (Å²) in [5.41, 5.74) is -1.61. The molecule has 1 unspecified atom stereocenters. The van der Waals surface area contributed by atoms with Crippen molar-refractivity contribution in [3.05, 3.63) is 94.1 Å². The summed E-state index contributed by atoms with van der Waals surface area (Å²) in [5, 5.41) is 23.6. The van der Waals surface area contributed by atoms with Crippen LogP contribution in [0.5, 0.6) is 5.88 Å². The number of alkyl halides is 3. The standard InChI is InChI=1S/C28H27ClF3N3O3/c1-18(35-25(37)26(2,3)38-24-12-9-22(16-34-24)28(30,31)32)27(17-36,14-19-7-10-23(29)11-8-19)21-6-4-5-20(13-21)15-33/h4-13,16,18,36H,14,17H2,1-3H3,(H,35,37)/t18-,27?/m1/s1. The first kappa shape index (κ1) is 29.0. The largest absolute Gasteiger partial charge is 0.462 e. The molecular formula is C28H27ClF3N3O3. The van der Waals surface area contributed by atoms with E-state index in [9.17, 15) is 28.3 Å². The maximum Gasteiger partial charge on any atom is 0.417 e. The Morgan fingerprint density at radius 3 is 2.37 bits per heavy atom. The summed E-state index contributed by atoms with van der Waals surface area (Å²) >= 11 is 6.04. The molecule has 10 heteroatoms. The van der Waals surface area contributed by atoms with Gasteiger partial charge in [0, 0.05) is 28.7 Å². The number of carbonyl (C=O) groups is 1. The molecule has 0 aliphatic rings. The van der Waals surface area contributed by atoms with Gasteiger partial charge in [-0.05, 0) is 68.7 Å². The second kappa shape index (κ2) is 11.4. The van der Waals surface area contributed by atoms with Gasteiger partial charge >= 0.3 is 6.18 Å². The van der Waals surface area contributed by atoms with E-state index in [4.69, 9.17) is 16.3 Å². The summed E-state index contributed by atoms with van der Waals surface area (Å²) in [5.74, 6) is -0.723. The molecule has 3 rings (SSSR count). The molecule has 2 aromatic carbocycles. The zero-order chi connectivity index (χ0) is 28.1. The molecule has 0 bridgehead atoms. The van der Waals surface area contributed by atoms with Crippen molar-refractivity contribution < 1.29 is 27.8 Å². The molecule has 6 nitrogen and oxygen atoms in total. The highest BCUT2D eigenvalue weighted by atomic mass is 35.5. The smallest absolute Gasteiger partial charge is 0.417 e. The van der Waals surface area contributed by atoms with Gasteiger partial charge in [-0.25, -0.2) is 4.98 Å². The van der Waals surface area contributed by atoms with Crippen LogP contribution in [0.25, 0.3) is 0 Å². The molecule has 3 aromatic rings. The molecule has 0 aliphatic heterocycles. The molecule has 1 heterocycles. The number of hydrogen-bond donors (Lipinski definition) is 2. The Bertz CT molecular complexity index is 1310. The van der Waals surface area contributed by atoms with Crippen molar-refractivity contribution in [2.45, 2.75) is 50.4 Å². The van der Waals surface area contributed by atoms with Crippen LogP contribution in [-0.2, 0) is 22.8 Å². The van der Waals surface area contributed by atoms with E-state index in [2.05, 4.69) is 16.4 Å². The van der Waals surface area contributed by atoms with Crippen LogP contribution in [0.1, 0.15) is 43.0 Å². The number of aromatic nitrogens is 1. The van der Waals surface area contributed by atoms with Gasteiger partial charge in [0.1, 0.15) is 0 Å². The Labute approximate surface area is 224 Å². The van der Waals surface area contributed by atoms with Gasteiger partial charge in [-0.1, -0.05) is 35.9 Å². The summed E-state index contributed by atoms with van der Waals surface area (Å²) in [7, 11) is 0. The molecular weight excluding hydrogens is 519 g/mol. The predicted octanol–water partition coefficient (Wildman–Crippen LogP) is 5.46. The lowest BCUT2D eigenvalue weighted by molar-refractivity contribution is -0.138. The summed E-state index contributed by atoms with van der Waals surface area (Å²) < 4.78 is 44.2. The van der Waals surface area contributed by atoms with Gasteiger partial charge in [0.15, 0.2) is 5.60 Å². The third-order valence-electron chi connectivity index (χ3n) is 6.43. The highest BCUT2D eigenvalue weighted by molar-refractivity contribution is 6.30. The van der Waals surface area contributed by atoms with Gasteiger partial charge in [0.2, 0.25) is 5.88 Å². The van der Waals surface area contributed by atoms with Crippen molar-refractivity contribution in [1.82, 2.24) is 10.3 Å². The van der Waals surface area contributed by atoms with Crippen molar-refractivity contribution in [2.75, 3.05) is 6.61 Å². The molecule has 0 radical (unpaired) electrons. The number of hydrogen-bond acceptors (Lipinski definition) is 5. The van der Waals surface area contributed by atoms with E-state index in [1.54, 1.807) is 43.3 Å². The first-order chi connectivity index (χ1) is 17.8. The van der Waals surface area contributed by atoms with Crippen LogP contribution in [-0.4, -0.2) is 34.2 Å². The van der Waals surface area contributed by atoms with Gasteiger partial charge in [-0.2, -0.15) is 18.4 Å². The fourth-order valence-electron chi connectivity index (χ4n) is 4.08. The fourth-order valence-corrected chi connectivity index (χ4v) is 4.20. The normalized spacial score (nSPS) is 14.2. The lowest BCUT2D eigenvalue weighted by Gasteiger charge is -2.40. The Morgan fingerprint density at radius 1 is 1.13 bits per heavy atom. The van der Waals surface area contributed by atoms with E-state index in [1.165, 1.54) is 13.8 Å². The highest BCUT2D eigenvalue weighted by Crippen LogP contribution is 2.34. The van der Waals surface area contributed by atoms with Crippen LogP contribution in [0.4, 0.5) is 13.2 Å². The number of nitrogens with one attached hydrogen (secondary N) is 1. The number of carbonyl (C=O) groups excluding carboxylic acids is 1. The van der Waals surface area contributed by atoms with Crippen LogP contribution >= 0.6 is 11.6 Å². The summed E-state index contributed by atoms with van der Waals surface area (Å²) in [6.07, 6.45) is -3.61. The molecule has 2 atom stereocenters. The van der Waals surface area contributed by atoms with Crippen molar-refractivity contribution in [1.29, 1.82) is 5.26 Å². The van der Waals surface area contributed by atoms with Gasteiger partial charge in [0.25, 0.3) is 5.91 Å². The molecule has 2 N–H and O–H groups in total. The average molecular weight is 546 g/mol. The lowest BCUT2D eigenvalue weighted by Crippen LogP contribution is -2.57. The van der Waals surface area contributed by atoms with Crippen molar-refractivity contribution in [2.24, 2.45) is 0 Å². The number of nitrogens with zero attached hydrogens (tertiary/aromatic N) is 2. The zero-order valence-electron chi connectivity index (χ0n) is 21.0. The second-order valence-electron chi connectivity index (χ2n) is 9.50. The minimum absolute atomic E-state index is 0.151. The fraction of sp³-hybridized carbons (Fsp3) is 0.321. The maximum absolute atomic E-state index is 13.3. The van der Waals surface area contributed by atoms with E-state index in [0.29, 0.717) is 28.8 Å². The Kier molecular flexibility index (Phi) is 8.70. The van der Waals surface area contributed by atoms with Crippen molar-refractivity contribution in [3.63, 3.8) is 0 Å². The molecule has 1 amide bonds. The minimum Gasteiger partial charge on any atom is -0.462 e. The van der Waals surface area contributed by atoms with Gasteiger partial charge in [0.05, 0.1) is 23.8 Å². The van der Waals surface area contributed by atoms with E-state index < -0.39 is 34.7 Å². The zero-order valence-corrected chi connectivity index (χ0v) is 21.8. The van der Waals surface area contributed by atoms with Crippen LogP contribution in [0.2, 0.25) is 5.02 Å². The number of halogens is 4. The topological polar surface area (TPSA) is 95.2 Å². The van der Waals surface area contributed by atoms with E-state index in [-0.39, 0.29) is 12.5 Å². The number of amides is 1. The predicted molar refractivity (Wildman–Crippen MR) is 137 cm³/mol. The van der Waals surface area contributed by atoms with E-state index in [0.717, 1.165) is 17.7 Å². The number of ether oxygens (including phenoxy) is 1. The highest BCUT2D eigenvalue weighted by Gasteiger charge is 2.42. The number of aliphatic hydroxyl groups excluding tert-OH is 1. The van der Waals surface area contributed by atoms with Crippen LogP contribution in [0.3, 0.4) is 0 Å². The summed E-state index contributed by atoms with van der Waals surface area (Å²) in [6.45, 7) is 4.29. The molecule has 0 saturated heterocycles. The van der Waals surface area contributed by atoms with Crippen molar-refractivity contribution >= 4 is 17.5 Å². The molecule has 38 heavy (non-hydrogen) atoms. The molecule has 0 saturated carbocycles. The Morgan fingerprint density at radius 2 is 1.82 bits per heavy atom. The number of aliphatic hydroxyl groups is 1. The van der Waals surface area contributed by atoms with Crippen molar-refractivity contribution in [3.8, 4) is 11.9 Å². The SMILES string of the molecule is C[C@@H](NC(=O)C(C)(C)Oc1ccc(C(F)(F)F)cn1)C(CO)(Cc1ccc(Cl)cc1)c1cccc(C#N)c1. The van der Waals surface area contributed by atoms with Gasteiger partial charge in [-0.3, -0.25) is 4.79 Å². The minimum atomic E-state index is -4.55. The quantitative estimate of drug-likeness (QED) is 0.372. The van der Waals surface area contributed by atoms with Crippen LogP contribution in [0.15, 0.2) is 66.9 Å². The third-order valence-corrected chi connectivity index (χ3v) is 6.68.